The maximum atomic E-state index is 13.0. The van der Waals surface area contributed by atoms with Crippen LogP contribution in [0.4, 0.5) is 4.79 Å². The highest BCUT2D eigenvalue weighted by molar-refractivity contribution is 6.09. The lowest BCUT2D eigenvalue weighted by Crippen LogP contribution is -2.52. The quantitative estimate of drug-likeness (QED) is 0.597. The fourth-order valence-electron chi connectivity index (χ4n) is 4.18. The van der Waals surface area contributed by atoms with Gasteiger partial charge in [-0.15, -0.1) is 0 Å². The molecule has 2 rings (SSSR count). The molecule has 0 unspecified atom stereocenters. The number of carbonyl (C=O) groups is 4. The minimum absolute atomic E-state index is 0.0749. The Hall–Kier alpha value is -2.12. The highest BCUT2D eigenvalue weighted by Gasteiger charge is 2.53. The summed E-state index contributed by atoms with van der Waals surface area (Å²) in [7, 11) is 0. The van der Waals surface area contributed by atoms with Crippen molar-refractivity contribution in [2.45, 2.75) is 84.2 Å². The van der Waals surface area contributed by atoms with Gasteiger partial charge < -0.3 is 15.7 Å². The van der Waals surface area contributed by atoms with Gasteiger partial charge in [0.2, 0.25) is 5.91 Å². The number of imide groups is 1. The molecule has 3 N–H and O–H groups in total. The van der Waals surface area contributed by atoms with Crippen molar-refractivity contribution in [2.24, 2.45) is 11.3 Å². The molecule has 0 aromatic heterocycles. The summed E-state index contributed by atoms with van der Waals surface area (Å²) in [6, 6.07) is -0.530. The summed E-state index contributed by atoms with van der Waals surface area (Å²) >= 11 is 0. The van der Waals surface area contributed by atoms with Gasteiger partial charge in [-0.2, -0.15) is 0 Å². The molecule has 1 aliphatic heterocycles. The Labute approximate surface area is 166 Å². The van der Waals surface area contributed by atoms with Gasteiger partial charge in [0.15, 0.2) is 0 Å². The molecule has 1 spiro atoms. The van der Waals surface area contributed by atoms with Crippen molar-refractivity contribution >= 4 is 23.8 Å². The number of nitrogens with one attached hydrogen (secondary N) is 2. The van der Waals surface area contributed by atoms with Gasteiger partial charge in [0.05, 0.1) is 0 Å². The Bertz CT molecular complexity index is 657. The highest BCUT2D eigenvalue weighted by atomic mass is 16.4. The maximum absolute atomic E-state index is 13.0. The second-order valence-electron chi connectivity index (χ2n) is 9.87. The third-order valence-electron chi connectivity index (χ3n) is 6.05. The number of nitrogens with zero attached hydrogens (tertiary/aromatic N) is 1. The summed E-state index contributed by atoms with van der Waals surface area (Å²) in [5.41, 5.74) is -1.47. The molecule has 0 aromatic carbocycles. The lowest BCUT2D eigenvalue weighted by Gasteiger charge is -2.40. The van der Waals surface area contributed by atoms with Crippen LogP contribution >= 0.6 is 0 Å². The molecule has 1 heterocycles. The third-order valence-corrected chi connectivity index (χ3v) is 6.05. The van der Waals surface area contributed by atoms with Crippen LogP contribution in [-0.4, -0.2) is 51.4 Å². The molecular formula is C20H33N3O5. The number of carboxylic acids is 1. The van der Waals surface area contributed by atoms with Gasteiger partial charge in [0.25, 0.3) is 5.91 Å². The number of amides is 4. The highest BCUT2D eigenvalue weighted by Crippen LogP contribution is 2.43. The number of aliphatic carboxylic acids is 1. The van der Waals surface area contributed by atoms with Crippen LogP contribution in [0.15, 0.2) is 0 Å². The van der Waals surface area contributed by atoms with Crippen molar-refractivity contribution in [1.29, 1.82) is 0 Å². The standard InChI is InChI=1S/C20H33N3O5/c1-18(2,3)13-6-10-20(11-7-13)16(27)23(17(28)22-20)12-14(24)21-19(4,5)9-8-15(25)26/h13H,6-12H2,1-5H3,(H,21,24)(H,22,28)(H,25,26). The van der Waals surface area contributed by atoms with Crippen LogP contribution in [0, 0.1) is 11.3 Å². The lowest BCUT2D eigenvalue weighted by molar-refractivity contribution is -0.138. The average molecular weight is 396 g/mol. The van der Waals surface area contributed by atoms with Crippen LogP contribution in [0.2, 0.25) is 0 Å². The predicted octanol–water partition coefficient (Wildman–Crippen LogP) is 2.27. The molecule has 1 saturated carbocycles. The Balaban J connectivity index is 1.97. The Morgan fingerprint density at radius 2 is 1.75 bits per heavy atom. The van der Waals surface area contributed by atoms with E-state index in [0.29, 0.717) is 18.8 Å². The molecule has 0 atom stereocenters. The second-order valence-corrected chi connectivity index (χ2v) is 9.87. The van der Waals surface area contributed by atoms with Gasteiger partial charge in [-0.05, 0) is 57.3 Å². The zero-order chi connectivity index (χ0) is 21.3. The van der Waals surface area contributed by atoms with Crippen molar-refractivity contribution < 1.29 is 24.3 Å². The fraction of sp³-hybridized carbons (Fsp3) is 0.800. The first-order valence-electron chi connectivity index (χ1n) is 9.93. The molecule has 8 heteroatoms. The topological polar surface area (TPSA) is 116 Å². The summed E-state index contributed by atoms with van der Waals surface area (Å²) in [5, 5.41) is 14.4. The molecular weight excluding hydrogens is 362 g/mol. The molecule has 0 radical (unpaired) electrons. The van der Waals surface area contributed by atoms with E-state index in [4.69, 9.17) is 5.11 Å². The van der Waals surface area contributed by atoms with E-state index in [1.54, 1.807) is 13.8 Å². The summed E-state index contributed by atoms with van der Waals surface area (Å²) in [6.07, 6.45) is 3.07. The van der Waals surface area contributed by atoms with Crippen LogP contribution in [0.3, 0.4) is 0 Å². The molecule has 1 aliphatic carbocycles. The molecule has 2 fully saturated rings. The SMILES string of the molecule is CC(C)(CCC(=O)O)NC(=O)CN1C(=O)NC2(CCC(C(C)(C)C)CC2)C1=O. The number of urea groups is 1. The van der Waals surface area contributed by atoms with Crippen molar-refractivity contribution in [3.8, 4) is 0 Å². The van der Waals surface area contributed by atoms with E-state index in [1.165, 1.54) is 0 Å². The largest absolute Gasteiger partial charge is 0.481 e. The fourth-order valence-corrected chi connectivity index (χ4v) is 4.18. The second kappa shape index (κ2) is 7.72. The minimum Gasteiger partial charge on any atom is -0.481 e. The van der Waals surface area contributed by atoms with Gasteiger partial charge in [0, 0.05) is 12.0 Å². The summed E-state index contributed by atoms with van der Waals surface area (Å²) < 4.78 is 0. The van der Waals surface area contributed by atoms with Crippen LogP contribution in [0.25, 0.3) is 0 Å². The number of hydrogen-bond donors (Lipinski definition) is 3. The van der Waals surface area contributed by atoms with Crippen LogP contribution in [0.1, 0.15) is 73.1 Å². The zero-order valence-corrected chi connectivity index (χ0v) is 17.6. The number of rotatable bonds is 6. The molecule has 0 aromatic rings. The van der Waals surface area contributed by atoms with Crippen LogP contribution in [-0.2, 0) is 14.4 Å². The zero-order valence-electron chi connectivity index (χ0n) is 17.6. The third kappa shape index (κ3) is 5.02. The van der Waals surface area contributed by atoms with Gasteiger partial charge in [-0.1, -0.05) is 20.8 Å². The van der Waals surface area contributed by atoms with Crippen molar-refractivity contribution in [2.75, 3.05) is 6.54 Å². The van der Waals surface area contributed by atoms with Crippen molar-refractivity contribution in [3.05, 3.63) is 0 Å². The van der Waals surface area contributed by atoms with Crippen molar-refractivity contribution in [1.82, 2.24) is 15.5 Å². The Kier molecular flexibility index (Phi) is 6.11. The van der Waals surface area contributed by atoms with E-state index in [1.807, 2.05) is 0 Å². The number of carbonyl (C=O) groups excluding carboxylic acids is 3. The first-order chi connectivity index (χ1) is 12.8. The molecule has 4 amide bonds. The van der Waals surface area contributed by atoms with E-state index < -0.39 is 29.0 Å². The summed E-state index contributed by atoms with van der Waals surface area (Å²) in [6.45, 7) is 9.64. The number of hydrogen-bond acceptors (Lipinski definition) is 4. The Morgan fingerprint density at radius 3 is 2.25 bits per heavy atom. The van der Waals surface area contributed by atoms with Gasteiger partial charge in [-0.25, -0.2) is 4.79 Å². The predicted molar refractivity (Wildman–Crippen MR) is 103 cm³/mol. The molecule has 2 aliphatic rings. The first-order valence-corrected chi connectivity index (χ1v) is 9.93. The molecule has 28 heavy (non-hydrogen) atoms. The number of carboxylic acid groups (broad SMARTS) is 1. The average Bonchev–Trinajstić information content (AvgIpc) is 2.76. The molecule has 0 bridgehead atoms. The van der Waals surface area contributed by atoms with E-state index in [2.05, 4.69) is 31.4 Å². The van der Waals surface area contributed by atoms with Crippen molar-refractivity contribution in [3.63, 3.8) is 0 Å². The molecule has 8 nitrogen and oxygen atoms in total. The summed E-state index contributed by atoms with van der Waals surface area (Å²) in [5.74, 6) is -1.25. The van der Waals surface area contributed by atoms with Crippen LogP contribution < -0.4 is 10.6 Å². The smallest absolute Gasteiger partial charge is 0.325 e. The van der Waals surface area contributed by atoms with E-state index in [0.717, 1.165) is 17.7 Å². The molecule has 158 valence electrons. The lowest BCUT2D eigenvalue weighted by atomic mass is 9.67. The van der Waals surface area contributed by atoms with Gasteiger partial charge in [0.1, 0.15) is 12.1 Å². The minimum atomic E-state index is -0.941. The summed E-state index contributed by atoms with van der Waals surface area (Å²) in [4.78, 5) is 49.4. The normalized spacial score (nSPS) is 25.8. The Morgan fingerprint density at radius 1 is 1.18 bits per heavy atom. The van der Waals surface area contributed by atoms with Gasteiger partial charge >= 0.3 is 12.0 Å². The first kappa shape index (κ1) is 22.2. The van der Waals surface area contributed by atoms with E-state index in [-0.39, 0.29) is 30.7 Å². The van der Waals surface area contributed by atoms with E-state index >= 15 is 0 Å². The maximum Gasteiger partial charge on any atom is 0.325 e. The van der Waals surface area contributed by atoms with Crippen LogP contribution in [0.5, 0.6) is 0 Å². The molecule has 1 saturated heterocycles. The van der Waals surface area contributed by atoms with Gasteiger partial charge in [-0.3, -0.25) is 19.3 Å². The monoisotopic (exact) mass is 395 g/mol. The van der Waals surface area contributed by atoms with E-state index in [9.17, 15) is 19.2 Å².